The van der Waals surface area contributed by atoms with E-state index in [4.69, 9.17) is 4.74 Å². The van der Waals surface area contributed by atoms with E-state index in [2.05, 4.69) is 34.8 Å². The monoisotopic (exact) mass is 358 g/mol. The summed E-state index contributed by atoms with van der Waals surface area (Å²) in [4.78, 5) is 11.7. The van der Waals surface area contributed by atoms with Crippen LogP contribution in [0.15, 0.2) is 53.6 Å². The van der Waals surface area contributed by atoms with E-state index in [0.717, 1.165) is 28.4 Å². The standard InChI is InChI=1S/C18H18N2O2S2/c21-18-7-8-23-24-13-16-5-1-4-15(9-16)12-22-17-6-2-3-14(10-17)11-19-20-18/h1-6,9-11H,7-8,12-13H2,(H,20,21)/b19-11+. The van der Waals surface area contributed by atoms with Crippen LogP contribution in [-0.2, 0) is 17.2 Å². The van der Waals surface area contributed by atoms with Gasteiger partial charge in [0.1, 0.15) is 12.4 Å². The average Bonchev–Trinajstić information content (AvgIpc) is 2.60. The number of nitrogens with zero attached hydrogens (tertiary/aromatic N) is 1. The molecule has 124 valence electrons. The first-order valence-corrected chi connectivity index (χ1v) is 10.2. The molecule has 0 unspecified atom stereocenters. The van der Waals surface area contributed by atoms with Gasteiger partial charge in [-0.25, -0.2) is 5.43 Å². The van der Waals surface area contributed by atoms with E-state index in [0.29, 0.717) is 13.0 Å². The van der Waals surface area contributed by atoms with Gasteiger partial charge in [0.15, 0.2) is 0 Å². The lowest BCUT2D eigenvalue weighted by Gasteiger charge is -2.08. The number of hydrogen-bond donors (Lipinski definition) is 1. The number of nitrogens with one attached hydrogen (secondary N) is 1. The van der Waals surface area contributed by atoms with Gasteiger partial charge in [-0.15, -0.1) is 0 Å². The third-order valence-corrected chi connectivity index (χ3v) is 5.72. The van der Waals surface area contributed by atoms with E-state index in [1.807, 2.05) is 24.3 Å². The molecule has 4 bridgehead atoms. The van der Waals surface area contributed by atoms with Gasteiger partial charge in [0, 0.05) is 17.9 Å². The van der Waals surface area contributed by atoms with Crippen molar-refractivity contribution in [2.24, 2.45) is 5.10 Å². The Morgan fingerprint density at radius 3 is 2.88 bits per heavy atom. The predicted molar refractivity (Wildman–Crippen MR) is 101 cm³/mol. The molecule has 0 spiro atoms. The van der Waals surface area contributed by atoms with Gasteiger partial charge in [-0.05, 0) is 28.8 Å². The zero-order valence-corrected chi connectivity index (χ0v) is 14.7. The molecule has 2 aromatic rings. The molecule has 0 saturated heterocycles. The first-order chi connectivity index (χ1) is 11.8. The van der Waals surface area contributed by atoms with E-state index >= 15 is 0 Å². The van der Waals surface area contributed by atoms with Crippen molar-refractivity contribution in [2.75, 3.05) is 5.75 Å². The molecule has 0 aliphatic carbocycles. The lowest BCUT2D eigenvalue weighted by molar-refractivity contribution is -0.120. The molecule has 24 heavy (non-hydrogen) atoms. The number of ether oxygens (including phenoxy) is 1. The largest absolute Gasteiger partial charge is 0.489 e. The maximum absolute atomic E-state index is 11.7. The second-order valence-electron chi connectivity index (χ2n) is 5.31. The smallest absolute Gasteiger partial charge is 0.240 e. The van der Waals surface area contributed by atoms with Crippen LogP contribution in [0.2, 0.25) is 0 Å². The van der Waals surface area contributed by atoms with Crippen molar-refractivity contribution >= 4 is 33.7 Å². The molecule has 1 amide bonds. The Labute approximate surface area is 149 Å². The number of carbonyl (C=O) groups excluding carboxylic acids is 1. The van der Waals surface area contributed by atoms with Gasteiger partial charge in [-0.1, -0.05) is 58.0 Å². The lowest BCUT2D eigenvalue weighted by atomic mass is 10.1. The van der Waals surface area contributed by atoms with Crippen molar-refractivity contribution in [3.05, 3.63) is 65.2 Å². The highest BCUT2D eigenvalue weighted by Crippen LogP contribution is 2.27. The Hall–Kier alpha value is -1.92. The molecule has 0 aromatic heterocycles. The fourth-order valence-corrected chi connectivity index (χ4v) is 4.25. The van der Waals surface area contributed by atoms with E-state index in [1.165, 1.54) is 5.56 Å². The van der Waals surface area contributed by atoms with Crippen molar-refractivity contribution in [1.29, 1.82) is 0 Å². The second-order valence-corrected chi connectivity index (χ2v) is 7.89. The summed E-state index contributed by atoms with van der Waals surface area (Å²) in [6, 6.07) is 16.1. The summed E-state index contributed by atoms with van der Waals surface area (Å²) >= 11 is 0. The third-order valence-electron chi connectivity index (χ3n) is 3.38. The van der Waals surface area contributed by atoms with Gasteiger partial charge < -0.3 is 4.74 Å². The molecular weight excluding hydrogens is 340 g/mol. The summed E-state index contributed by atoms with van der Waals surface area (Å²) in [6.45, 7) is 0.531. The van der Waals surface area contributed by atoms with Gasteiger partial charge in [0.05, 0.1) is 6.21 Å². The summed E-state index contributed by atoms with van der Waals surface area (Å²) < 4.78 is 5.87. The lowest BCUT2D eigenvalue weighted by Crippen LogP contribution is -2.17. The maximum atomic E-state index is 11.7. The molecule has 4 nitrogen and oxygen atoms in total. The van der Waals surface area contributed by atoms with Gasteiger partial charge in [-0.3, -0.25) is 4.79 Å². The molecule has 2 aromatic carbocycles. The Morgan fingerprint density at radius 1 is 1.04 bits per heavy atom. The van der Waals surface area contributed by atoms with Crippen LogP contribution >= 0.6 is 21.6 Å². The van der Waals surface area contributed by atoms with Crippen molar-refractivity contribution in [1.82, 2.24) is 5.43 Å². The summed E-state index contributed by atoms with van der Waals surface area (Å²) in [5.74, 6) is 2.39. The number of benzene rings is 2. The zero-order valence-electron chi connectivity index (χ0n) is 13.1. The van der Waals surface area contributed by atoms with E-state index in [9.17, 15) is 4.79 Å². The van der Waals surface area contributed by atoms with Gasteiger partial charge >= 0.3 is 0 Å². The van der Waals surface area contributed by atoms with Crippen LogP contribution in [0.1, 0.15) is 23.1 Å². The zero-order chi connectivity index (χ0) is 16.6. The number of fused-ring (bicyclic) bond motifs is 4. The normalized spacial score (nSPS) is 17.2. The predicted octanol–water partition coefficient (Wildman–Crippen LogP) is 4.00. The van der Waals surface area contributed by atoms with Gasteiger partial charge in [-0.2, -0.15) is 5.10 Å². The summed E-state index contributed by atoms with van der Waals surface area (Å²) in [6.07, 6.45) is 2.09. The van der Waals surface area contributed by atoms with Crippen LogP contribution in [0.3, 0.4) is 0 Å². The van der Waals surface area contributed by atoms with Crippen molar-refractivity contribution in [2.45, 2.75) is 18.8 Å². The van der Waals surface area contributed by atoms with Gasteiger partial charge in [0.25, 0.3) is 0 Å². The average molecular weight is 358 g/mol. The minimum Gasteiger partial charge on any atom is -0.489 e. The molecule has 1 aliphatic heterocycles. The number of hydrazone groups is 1. The minimum atomic E-state index is -0.0712. The Bertz CT molecular complexity index is 734. The minimum absolute atomic E-state index is 0.0712. The molecule has 0 radical (unpaired) electrons. The Balaban J connectivity index is 1.77. The molecule has 1 aliphatic rings. The SMILES string of the molecule is O=C1CCSSCc2cccc(c2)COc2cccc(c2)/C=N/N1. The van der Waals surface area contributed by atoms with Crippen LogP contribution in [0.5, 0.6) is 5.75 Å². The molecule has 3 rings (SSSR count). The topological polar surface area (TPSA) is 50.7 Å². The van der Waals surface area contributed by atoms with E-state index in [1.54, 1.807) is 27.8 Å². The molecule has 0 saturated carbocycles. The molecule has 0 fully saturated rings. The highest BCUT2D eigenvalue weighted by atomic mass is 33.1. The van der Waals surface area contributed by atoms with Crippen molar-refractivity contribution in [3.8, 4) is 5.75 Å². The third kappa shape index (κ3) is 5.32. The molecular formula is C18H18N2O2S2. The second kappa shape index (κ2) is 8.80. The number of amides is 1. The number of carbonyl (C=O) groups is 1. The van der Waals surface area contributed by atoms with E-state index < -0.39 is 0 Å². The van der Waals surface area contributed by atoms with Crippen molar-refractivity contribution < 1.29 is 9.53 Å². The Morgan fingerprint density at radius 2 is 1.92 bits per heavy atom. The maximum Gasteiger partial charge on any atom is 0.240 e. The van der Waals surface area contributed by atoms with Gasteiger partial charge in [0.2, 0.25) is 5.91 Å². The van der Waals surface area contributed by atoms with Crippen LogP contribution in [0, 0.1) is 0 Å². The number of rotatable bonds is 0. The first-order valence-electron chi connectivity index (χ1n) is 7.66. The highest BCUT2D eigenvalue weighted by molar-refractivity contribution is 8.76. The van der Waals surface area contributed by atoms with Crippen LogP contribution in [-0.4, -0.2) is 17.9 Å². The first kappa shape index (κ1) is 16.9. The summed E-state index contributed by atoms with van der Waals surface area (Å²) in [5, 5.41) is 4.00. The number of hydrogen-bond acceptors (Lipinski definition) is 5. The fraction of sp³-hybridized carbons (Fsp3) is 0.222. The molecule has 1 heterocycles. The van der Waals surface area contributed by atoms with E-state index in [-0.39, 0.29) is 5.91 Å². The molecule has 0 atom stereocenters. The quantitative estimate of drug-likeness (QED) is 0.723. The molecule has 1 N–H and O–H groups in total. The summed E-state index contributed by atoms with van der Waals surface area (Å²) in [5.41, 5.74) is 5.86. The molecule has 6 heteroatoms. The van der Waals surface area contributed by atoms with Crippen molar-refractivity contribution in [3.63, 3.8) is 0 Å². The summed E-state index contributed by atoms with van der Waals surface area (Å²) in [7, 11) is 3.46. The Kier molecular flexibility index (Phi) is 6.20. The highest BCUT2D eigenvalue weighted by Gasteiger charge is 2.03. The fourth-order valence-electron chi connectivity index (χ4n) is 2.20. The van der Waals surface area contributed by atoms with Crippen LogP contribution < -0.4 is 10.2 Å². The van der Waals surface area contributed by atoms with Crippen LogP contribution in [0.4, 0.5) is 0 Å². The van der Waals surface area contributed by atoms with Crippen LogP contribution in [0.25, 0.3) is 0 Å².